The van der Waals surface area contributed by atoms with Gasteiger partial charge in [-0.15, -0.1) is 0 Å². The highest BCUT2D eigenvalue weighted by molar-refractivity contribution is 5.87. The molecule has 1 saturated heterocycles. The molecule has 1 aromatic rings. The molecule has 0 spiro atoms. The predicted octanol–water partition coefficient (Wildman–Crippen LogP) is 4.15. The van der Waals surface area contributed by atoms with Crippen LogP contribution in [-0.2, 0) is 4.74 Å². The van der Waals surface area contributed by atoms with Crippen LogP contribution in [0, 0.1) is 11.8 Å². The Hall–Kier alpha value is -1.77. The van der Waals surface area contributed by atoms with Crippen molar-refractivity contribution in [3.05, 3.63) is 34.4 Å². The first-order chi connectivity index (χ1) is 9.94. The van der Waals surface area contributed by atoms with Gasteiger partial charge < -0.3 is 4.74 Å². The average molecular weight is 281 g/mol. The lowest BCUT2D eigenvalue weighted by atomic mass is 9.85. The molecule has 108 valence electrons. The van der Waals surface area contributed by atoms with Crippen LogP contribution in [0.5, 0.6) is 0 Å². The van der Waals surface area contributed by atoms with Gasteiger partial charge >= 0.3 is 6.09 Å². The summed E-state index contributed by atoms with van der Waals surface area (Å²) in [5.41, 5.74) is 4.95. The van der Waals surface area contributed by atoms with Crippen LogP contribution in [0.15, 0.2) is 12.1 Å². The number of piperidine rings is 1. The molecule has 1 aromatic carbocycles. The summed E-state index contributed by atoms with van der Waals surface area (Å²) in [5, 5.41) is 0. The number of amides is 1. The van der Waals surface area contributed by atoms with E-state index in [1.165, 1.54) is 28.7 Å². The van der Waals surface area contributed by atoms with Gasteiger partial charge in [-0.25, -0.2) is 4.79 Å². The molecule has 2 heterocycles. The Labute approximate surface area is 124 Å². The van der Waals surface area contributed by atoms with E-state index >= 15 is 0 Å². The molecular weight excluding hydrogens is 262 g/mol. The quantitative estimate of drug-likeness (QED) is 0.726. The maximum atomic E-state index is 12.6. The van der Waals surface area contributed by atoms with E-state index in [2.05, 4.69) is 24.3 Å². The van der Waals surface area contributed by atoms with E-state index in [9.17, 15) is 4.79 Å². The number of carbonyl (C=O) groups is 1. The van der Waals surface area contributed by atoms with Crippen molar-refractivity contribution in [3.63, 3.8) is 0 Å². The number of ether oxygens (including phenoxy) is 1. The Morgan fingerprint density at radius 1 is 1.10 bits per heavy atom. The summed E-state index contributed by atoms with van der Waals surface area (Å²) in [6, 6.07) is 5.09. The number of carbonyl (C=O) groups excluding carboxylic acids is 1. The second-order valence-electron chi connectivity index (χ2n) is 7.78. The first-order valence-electron chi connectivity index (χ1n) is 7.81. The average Bonchev–Trinajstić information content (AvgIpc) is 2.99. The van der Waals surface area contributed by atoms with E-state index in [0.29, 0.717) is 11.8 Å². The van der Waals surface area contributed by atoms with Crippen LogP contribution in [0.3, 0.4) is 0 Å². The summed E-state index contributed by atoms with van der Waals surface area (Å²) >= 11 is 0. The molecule has 0 aromatic heterocycles. The summed E-state index contributed by atoms with van der Waals surface area (Å²) in [6.45, 7) is 5.81. The van der Waals surface area contributed by atoms with E-state index in [-0.39, 0.29) is 18.2 Å². The molecule has 2 aliphatic heterocycles. The van der Waals surface area contributed by atoms with E-state index in [1.807, 2.05) is 25.7 Å². The van der Waals surface area contributed by atoms with Crippen LogP contribution >= 0.6 is 0 Å². The number of rotatable bonds is 0. The second-order valence-corrected chi connectivity index (χ2v) is 7.78. The molecule has 1 saturated carbocycles. The molecule has 3 nitrogen and oxygen atoms in total. The van der Waals surface area contributed by atoms with Gasteiger partial charge in [0.05, 0.1) is 12.1 Å². The maximum Gasteiger partial charge on any atom is 0.411 e. The molecule has 3 heteroatoms. The van der Waals surface area contributed by atoms with Gasteiger partial charge in [0.25, 0.3) is 0 Å². The summed E-state index contributed by atoms with van der Waals surface area (Å²) in [4.78, 5) is 14.7. The molecule has 0 radical (unpaired) electrons. The molecular formula is C18H19NO2. The fourth-order valence-corrected chi connectivity index (χ4v) is 4.40. The topological polar surface area (TPSA) is 29.5 Å². The zero-order valence-electron chi connectivity index (χ0n) is 12.6. The van der Waals surface area contributed by atoms with Gasteiger partial charge in [-0.05, 0) is 73.4 Å². The Balaban J connectivity index is 1.55. The van der Waals surface area contributed by atoms with Crippen LogP contribution in [0.1, 0.15) is 61.5 Å². The lowest BCUT2D eigenvalue weighted by Crippen LogP contribution is -2.36. The van der Waals surface area contributed by atoms with Crippen molar-refractivity contribution in [3.8, 4) is 0 Å². The third-order valence-electron chi connectivity index (χ3n) is 5.27. The SMILES string of the molecule is CC(C)(C)OC(=O)N1C2c3cc4c(cc3C1C1CC12)C=C4. The molecule has 0 N–H and O–H groups in total. The number of hydrogen-bond acceptors (Lipinski definition) is 2. The normalized spacial score (nSPS) is 33.2. The molecule has 4 atom stereocenters. The van der Waals surface area contributed by atoms with Crippen molar-refractivity contribution >= 4 is 18.2 Å². The highest BCUT2D eigenvalue weighted by atomic mass is 16.6. The van der Waals surface area contributed by atoms with Gasteiger partial charge in [-0.3, -0.25) is 4.90 Å². The Morgan fingerprint density at radius 2 is 1.62 bits per heavy atom. The standard InChI is InChI=1S/C18H19NO2/c1-18(2,3)21-17(20)19-15-11-6-9-4-5-10(9)7-12(11)16(19)14-8-13(14)15/h4-7,13-16H,8H2,1-3H3. The van der Waals surface area contributed by atoms with Gasteiger partial charge in [0.1, 0.15) is 5.60 Å². The largest absolute Gasteiger partial charge is 0.444 e. The molecule has 2 bridgehead atoms. The van der Waals surface area contributed by atoms with Crippen LogP contribution in [0.4, 0.5) is 4.79 Å². The summed E-state index contributed by atoms with van der Waals surface area (Å²) in [7, 11) is 0. The fourth-order valence-electron chi connectivity index (χ4n) is 4.40. The number of fused-ring (bicyclic) bond motifs is 9. The Bertz CT molecular complexity index is 668. The van der Waals surface area contributed by atoms with Crippen molar-refractivity contribution in [2.24, 2.45) is 11.8 Å². The minimum atomic E-state index is -0.429. The van der Waals surface area contributed by atoms with Gasteiger partial charge in [0, 0.05) is 0 Å². The van der Waals surface area contributed by atoms with Crippen molar-refractivity contribution in [2.45, 2.75) is 44.9 Å². The minimum Gasteiger partial charge on any atom is -0.444 e. The molecule has 4 unspecified atom stereocenters. The molecule has 2 fully saturated rings. The minimum absolute atomic E-state index is 0.142. The Morgan fingerprint density at radius 3 is 2.05 bits per heavy atom. The van der Waals surface area contributed by atoms with E-state index in [1.54, 1.807) is 0 Å². The zero-order valence-corrected chi connectivity index (χ0v) is 12.6. The molecule has 4 aliphatic rings. The van der Waals surface area contributed by atoms with Crippen LogP contribution in [0.25, 0.3) is 12.2 Å². The fraction of sp³-hybridized carbons (Fsp3) is 0.500. The Kier molecular flexibility index (Phi) is 1.89. The summed E-state index contributed by atoms with van der Waals surface area (Å²) in [6.07, 6.45) is 5.44. The van der Waals surface area contributed by atoms with Gasteiger partial charge in [0.2, 0.25) is 0 Å². The van der Waals surface area contributed by atoms with Gasteiger partial charge in [0.15, 0.2) is 0 Å². The van der Waals surface area contributed by atoms with Crippen molar-refractivity contribution < 1.29 is 9.53 Å². The van der Waals surface area contributed by atoms with Crippen molar-refractivity contribution in [1.29, 1.82) is 0 Å². The van der Waals surface area contributed by atoms with E-state index < -0.39 is 5.60 Å². The van der Waals surface area contributed by atoms with Crippen LogP contribution in [0.2, 0.25) is 0 Å². The van der Waals surface area contributed by atoms with E-state index in [0.717, 1.165) is 0 Å². The zero-order chi connectivity index (χ0) is 14.5. The molecule has 2 aliphatic carbocycles. The lowest BCUT2D eigenvalue weighted by Gasteiger charge is -2.29. The third-order valence-corrected chi connectivity index (χ3v) is 5.27. The smallest absolute Gasteiger partial charge is 0.411 e. The molecule has 21 heavy (non-hydrogen) atoms. The monoisotopic (exact) mass is 281 g/mol. The number of benzene rings is 1. The third kappa shape index (κ3) is 1.42. The van der Waals surface area contributed by atoms with Crippen molar-refractivity contribution in [1.82, 2.24) is 4.90 Å². The maximum absolute atomic E-state index is 12.6. The second kappa shape index (κ2) is 3.34. The van der Waals surface area contributed by atoms with Gasteiger partial charge in [-0.1, -0.05) is 12.2 Å². The number of nitrogens with zero attached hydrogens (tertiary/aromatic N) is 1. The van der Waals surface area contributed by atoms with Crippen molar-refractivity contribution in [2.75, 3.05) is 0 Å². The molecule has 5 rings (SSSR count). The highest BCUT2D eigenvalue weighted by Gasteiger charge is 2.66. The molecule has 1 amide bonds. The summed E-state index contributed by atoms with van der Waals surface area (Å²) in [5.74, 6) is 1.33. The van der Waals surface area contributed by atoms with Crippen LogP contribution < -0.4 is 0 Å². The summed E-state index contributed by atoms with van der Waals surface area (Å²) < 4.78 is 5.65. The van der Waals surface area contributed by atoms with Gasteiger partial charge in [-0.2, -0.15) is 0 Å². The highest BCUT2D eigenvalue weighted by Crippen LogP contribution is 2.71. The van der Waals surface area contributed by atoms with Crippen LogP contribution in [-0.4, -0.2) is 16.6 Å². The number of hydrogen-bond donors (Lipinski definition) is 0. The van der Waals surface area contributed by atoms with E-state index in [4.69, 9.17) is 4.74 Å². The first-order valence-corrected chi connectivity index (χ1v) is 7.81. The lowest BCUT2D eigenvalue weighted by molar-refractivity contribution is 0.0134. The predicted molar refractivity (Wildman–Crippen MR) is 80.5 cm³/mol. The first kappa shape index (κ1) is 11.8.